The fraction of sp³-hybridized carbons (Fsp3) is 0.412. The number of hydrogen-bond donors (Lipinski definition) is 1. The van der Waals surface area contributed by atoms with Crippen molar-refractivity contribution >= 4 is 11.7 Å². The molecule has 0 aliphatic carbocycles. The van der Waals surface area contributed by atoms with Gasteiger partial charge in [-0.3, -0.25) is 9.48 Å². The van der Waals surface area contributed by atoms with Gasteiger partial charge in [0, 0.05) is 31.4 Å². The molecule has 1 aliphatic rings. The first-order valence-electron chi connectivity index (χ1n) is 7.87. The topological polar surface area (TPSA) is 56.1 Å². The van der Waals surface area contributed by atoms with Crippen LogP contribution in [0.25, 0.3) is 11.3 Å². The van der Waals surface area contributed by atoms with Crippen LogP contribution in [-0.2, 0) is 16.6 Å². The Hall–Kier alpha value is -2.28. The van der Waals surface area contributed by atoms with Gasteiger partial charge in [-0.25, -0.2) is 8.78 Å². The Bertz CT molecular complexity index is 740. The number of carbonyl (C=O) groups is 1. The van der Waals surface area contributed by atoms with Crippen molar-refractivity contribution in [2.75, 3.05) is 11.9 Å². The number of amides is 1. The minimum absolute atomic E-state index is 0.135. The summed E-state index contributed by atoms with van der Waals surface area (Å²) < 4.78 is 33.7. The number of halogens is 2. The standard InChI is InChI=1S/C17H19F2N3O2/c1-10-14(4-3-5-24-10)17(23)20-16-9-15(21-22(16)2)11-6-12(18)8-13(19)7-11/h6-10,14H,3-5H2,1-2H3,(H,20,23). The third kappa shape index (κ3) is 3.46. The van der Waals surface area contributed by atoms with Crippen molar-refractivity contribution in [3.8, 4) is 11.3 Å². The second-order valence-electron chi connectivity index (χ2n) is 6.01. The maximum atomic E-state index is 13.4. The summed E-state index contributed by atoms with van der Waals surface area (Å²) in [6.07, 6.45) is 1.48. The molecule has 3 rings (SSSR count). The van der Waals surface area contributed by atoms with Crippen LogP contribution in [0.1, 0.15) is 19.8 Å². The SMILES string of the molecule is CC1OCCCC1C(=O)Nc1cc(-c2cc(F)cc(F)c2)nn1C. The van der Waals surface area contributed by atoms with Gasteiger partial charge in [0.05, 0.1) is 17.7 Å². The smallest absolute Gasteiger partial charge is 0.231 e. The normalized spacial score (nSPS) is 20.8. The highest BCUT2D eigenvalue weighted by Crippen LogP contribution is 2.25. The molecule has 0 bridgehead atoms. The third-order valence-corrected chi connectivity index (χ3v) is 4.23. The van der Waals surface area contributed by atoms with Crippen LogP contribution in [0, 0.1) is 17.6 Å². The lowest BCUT2D eigenvalue weighted by Crippen LogP contribution is -2.36. The van der Waals surface area contributed by atoms with Crippen LogP contribution in [0.4, 0.5) is 14.6 Å². The first-order chi connectivity index (χ1) is 11.4. The number of rotatable bonds is 3. The van der Waals surface area contributed by atoms with E-state index in [0.717, 1.165) is 18.9 Å². The zero-order valence-electron chi connectivity index (χ0n) is 13.6. The Morgan fingerprint density at radius 2 is 2.00 bits per heavy atom. The van der Waals surface area contributed by atoms with Gasteiger partial charge in [-0.1, -0.05) is 0 Å². The van der Waals surface area contributed by atoms with Gasteiger partial charge in [-0.15, -0.1) is 0 Å². The Morgan fingerprint density at radius 1 is 1.29 bits per heavy atom. The molecule has 2 aromatic rings. The van der Waals surface area contributed by atoms with Crippen molar-refractivity contribution in [1.82, 2.24) is 9.78 Å². The average Bonchev–Trinajstić information content (AvgIpc) is 2.88. The first-order valence-corrected chi connectivity index (χ1v) is 7.87. The second kappa shape index (κ2) is 6.68. The highest BCUT2D eigenvalue weighted by atomic mass is 19.1. The van der Waals surface area contributed by atoms with Crippen molar-refractivity contribution in [3.05, 3.63) is 35.9 Å². The Labute approximate surface area is 138 Å². The van der Waals surface area contributed by atoms with Gasteiger partial charge >= 0.3 is 0 Å². The number of benzene rings is 1. The highest BCUT2D eigenvalue weighted by Gasteiger charge is 2.29. The molecule has 2 unspecified atom stereocenters. The number of anilines is 1. The molecule has 0 radical (unpaired) electrons. The monoisotopic (exact) mass is 335 g/mol. The zero-order chi connectivity index (χ0) is 17.3. The molecule has 0 spiro atoms. The molecule has 7 heteroatoms. The van der Waals surface area contributed by atoms with Crippen LogP contribution in [0.15, 0.2) is 24.3 Å². The van der Waals surface area contributed by atoms with E-state index < -0.39 is 11.6 Å². The predicted molar refractivity (Wildman–Crippen MR) is 85.3 cm³/mol. The summed E-state index contributed by atoms with van der Waals surface area (Å²) >= 11 is 0. The van der Waals surface area contributed by atoms with Crippen LogP contribution in [-0.4, -0.2) is 28.4 Å². The third-order valence-electron chi connectivity index (χ3n) is 4.23. The summed E-state index contributed by atoms with van der Waals surface area (Å²) in [5, 5.41) is 7.04. The van der Waals surface area contributed by atoms with Gasteiger partial charge in [0.25, 0.3) is 0 Å². The zero-order valence-corrected chi connectivity index (χ0v) is 13.6. The molecule has 1 aromatic heterocycles. The van der Waals surface area contributed by atoms with Gasteiger partial charge in [0.15, 0.2) is 0 Å². The van der Waals surface area contributed by atoms with Crippen LogP contribution in [0.2, 0.25) is 0 Å². The molecule has 1 aromatic carbocycles. The molecule has 5 nitrogen and oxygen atoms in total. The molecule has 0 saturated carbocycles. The Kier molecular flexibility index (Phi) is 4.62. The van der Waals surface area contributed by atoms with Crippen LogP contribution in [0.3, 0.4) is 0 Å². The summed E-state index contributed by atoms with van der Waals surface area (Å²) in [5.41, 5.74) is 0.706. The van der Waals surface area contributed by atoms with E-state index >= 15 is 0 Å². The van der Waals surface area contributed by atoms with Crippen molar-refractivity contribution in [2.24, 2.45) is 13.0 Å². The van der Waals surface area contributed by atoms with E-state index in [1.165, 1.54) is 16.8 Å². The summed E-state index contributed by atoms with van der Waals surface area (Å²) in [6.45, 7) is 2.56. The van der Waals surface area contributed by atoms with E-state index in [2.05, 4.69) is 10.4 Å². The molecule has 1 aliphatic heterocycles. The van der Waals surface area contributed by atoms with E-state index in [-0.39, 0.29) is 17.9 Å². The molecule has 2 heterocycles. The predicted octanol–water partition coefficient (Wildman–Crippen LogP) is 3.12. The minimum atomic E-state index is -0.672. The maximum absolute atomic E-state index is 13.4. The maximum Gasteiger partial charge on any atom is 0.231 e. The lowest BCUT2D eigenvalue weighted by atomic mass is 9.94. The van der Waals surface area contributed by atoms with Crippen molar-refractivity contribution in [2.45, 2.75) is 25.9 Å². The number of aryl methyl sites for hydroxylation is 1. The molecule has 24 heavy (non-hydrogen) atoms. The van der Waals surface area contributed by atoms with Gasteiger partial charge < -0.3 is 10.1 Å². The lowest BCUT2D eigenvalue weighted by molar-refractivity contribution is -0.127. The summed E-state index contributed by atoms with van der Waals surface area (Å²) in [6, 6.07) is 4.81. The second-order valence-corrected chi connectivity index (χ2v) is 6.01. The molecule has 1 amide bonds. The summed E-state index contributed by atoms with van der Waals surface area (Å²) in [7, 11) is 1.66. The summed E-state index contributed by atoms with van der Waals surface area (Å²) in [4.78, 5) is 12.4. The van der Waals surface area contributed by atoms with Crippen molar-refractivity contribution < 1.29 is 18.3 Å². The first kappa shape index (κ1) is 16.6. The minimum Gasteiger partial charge on any atom is -0.378 e. The molecule has 1 N–H and O–H groups in total. The molecular formula is C17H19F2N3O2. The number of nitrogens with zero attached hydrogens (tertiary/aromatic N) is 2. The van der Waals surface area contributed by atoms with Gasteiger partial charge in [-0.05, 0) is 31.9 Å². The Morgan fingerprint density at radius 3 is 2.67 bits per heavy atom. The number of hydrogen-bond acceptors (Lipinski definition) is 3. The number of aromatic nitrogens is 2. The van der Waals surface area contributed by atoms with Crippen molar-refractivity contribution in [3.63, 3.8) is 0 Å². The molecular weight excluding hydrogens is 316 g/mol. The fourth-order valence-electron chi connectivity index (χ4n) is 2.91. The largest absolute Gasteiger partial charge is 0.378 e. The average molecular weight is 335 g/mol. The van der Waals surface area contributed by atoms with Gasteiger partial charge in [0.2, 0.25) is 5.91 Å². The van der Waals surface area contributed by atoms with E-state index in [9.17, 15) is 13.6 Å². The van der Waals surface area contributed by atoms with Crippen LogP contribution >= 0.6 is 0 Å². The Balaban J connectivity index is 1.80. The van der Waals surface area contributed by atoms with E-state index in [1.807, 2.05) is 6.92 Å². The lowest BCUT2D eigenvalue weighted by Gasteiger charge is -2.27. The highest BCUT2D eigenvalue weighted by molar-refractivity contribution is 5.92. The number of carbonyl (C=O) groups excluding carboxylic acids is 1. The van der Waals surface area contributed by atoms with E-state index in [0.29, 0.717) is 23.7 Å². The molecule has 128 valence electrons. The molecule has 2 atom stereocenters. The van der Waals surface area contributed by atoms with Gasteiger partial charge in [-0.2, -0.15) is 5.10 Å². The number of nitrogens with one attached hydrogen (secondary N) is 1. The molecule has 1 fully saturated rings. The van der Waals surface area contributed by atoms with E-state index in [4.69, 9.17) is 4.74 Å². The van der Waals surface area contributed by atoms with Crippen LogP contribution < -0.4 is 5.32 Å². The van der Waals surface area contributed by atoms with Crippen molar-refractivity contribution in [1.29, 1.82) is 0 Å². The fourth-order valence-corrected chi connectivity index (χ4v) is 2.91. The van der Waals surface area contributed by atoms with Gasteiger partial charge in [0.1, 0.15) is 17.5 Å². The van der Waals surface area contributed by atoms with Crippen LogP contribution in [0.5, 0.6) is 0 Å². The quantitative estimate of drug-likeness (QED) is 0.938. The molecule has 1 saturated heterocycles. The van der Waals surface area contributed by atoms with E-state index in [1.54, 1.807) is 13.1 Å². The number of ether oxygens (including phenoxy) is 1. The summed E-state index contributed by atoms with van der Waals surface area (Å²) in [5.74, 6) is -1.23.